The number of halogens is 1. The van der Waals surface area contributed by atoms with E-state index in [1.54, 1.807) is 36.4 Å². The van der Waals surface area contributed by atoms with Crippen LogP contribution in [0.25, 0.3) is 21.9 Å². The van der Waals surface area contributed by atoms with Gasteiger partial charge in [-0.1, -0.05) is 66.7 Å². The fourth-order valence-corrected chi connectivity index (χ4v) is 4.45. The van der Waals surface area contributed by atoms with Crippen LogP contribution in [-0.2, 0) is 6.42 Å². The second-order valence-electron chi connectivity index (χ2n) is 9.31. The van der Waals surface area contributed by atoms with Crippen LogP contribution in [-0.4, -0.2) is 53.4 Å². The van der Waals surface area contributed by atoms with Crippen molar-refractivity contribution in [2.45, 2.75) is 25.5 Å². The molecule has 0 aromatic heterocycles. The number of ether oxygens (including phenoxy) is 1. The van der Waals surface area contributed by atoms with Crippen LogP contribution in [0.1, 0.15) is 28.4 Å². The molecule has 7 heteroatoms. The minimum absolute atomic E-state index is 0. The van der Waals surface area contributed by atoms with Crippen molar-refractivity contribution in [1.82, 2.24) is 4.90 Å². The van der Waals surface area contributed by atoms with Gasteiger partial charge in [-0.15, -0.1) is 12.4 Å². The Morgan fingerprint density at radius 1 is 1.00 bits per heavy atom. The first-order valence-corrected chi connectivity index (χ1v) is 12.2. The highest BCUT2D eigenvalue weighted by molar-refractivity contribution is 5.96. The molecule has 4 aromatic rings. The van der Waals surface area contributed by atoms with E-state index in [0.717, 1.165) is 6.42 Å². The lowest BCUT2D eigenvalue weighted by Gasteiger charge is -2.27. The second kappa shape index (κ2) is 13.1. The maximum absolute atomic E-state index is 11.6. The summed E-state index contributed by atoms with van der Waals surface area (Å²) in [4.78, 5) is 13.7. The smallest absolute Gasteiger partial charge is 0.336 e. The largest absolute Gasteiger partial charge is 0.489 e. The van der Waals surface area contributed by atoms with Crippen LogP contribution in [0.4, 0.5) is 0 Å². The third kappa shape index (κ3) is 6.90. The van der Waals surface area contributed by atoms with Gasteiger partial charge < -0.3 is 19.8 Å². The van der Waals surface area contributed by atoms with E-state index in [4.69, 9.17) is 4.74 Å². The summed E-state index contributed by atoms with van der Waals surface area (Å²) < 4.78 is 5.79. The van der Waals surface area contributed by atoms with Crippen molar-refractivity contribution in [3.8, 4) is 22.9 Å². The van der Waals surface area contributed by atoms with E-state index in [1.165, 1.54) is 22.4 Å². The molecule has 0 aliphatic heterocycles. The Balaban J connectivity index is 0.00000400. The van der Waals surface area contributed by atoms with Crippen LogP contribution in [0.2, 0.25) is 0 Å². The summed E-state index contributed by atoms with van der Waals surface area (Å²) in [6.45, 7) is 2.58. The second-order valence-corrected chi connectivity index (χ2v) is 9.31. The first-order chi connectivity index (χ1) is 17.9. The SMILES string of the molecule is CC(Cc1ccc2ccccc2c1)N(C)C[C@@H](O)COc1ccc(-c2ccccc2C(=O)O)cc1C#N.Cl. The zero-order valence-electron chi connectivity index (χ0n) is 21.4. The highest BCUT2D eigenvalue weighted by Crippen LogP contribution is 2.29. The molecule has 2 atom stereocenters. The Hall–Kier alpha value is -3.89. The number of aliphatic hydroxyl groups is 1. The van der Waals surface area contributed by atoms with Crippen molar-refractivity contribution < 1.29 is 19.7 Å². The molecule has 0 saturated carbocycles. The number of benzene rings is 4. The first kappa shape index (κ1) is 28.7. The minimum Gasteiger partial charge on any atom is -0.489 e. The number of carboxylic acids is 1. The van der Waals surface area contributed by atoms with Crippen LogP contribution in [0.15, 0.2) is 84.9 Å². The fraction of sp³-hybridized carbons (Fsp3) is 0.226. The molecular formula is C31H31ClN2O4. The van der Waals surface area contributed by atoms with E-state index in [0.29, 0.717) is 23.4 Å². The summed E-state index contributed by atoms with van der Waals surface area (Å²) in [6, 6.07) is 28.7. The topological polar surface area (TPSA) is 93.8 Å². The predicted octanol–water partition coefficient (Wildman–Crippen LogP) is 5.80. The van der Waals surface area contributed by atoms with Crippen LogP contribution in [0.5, 0.6) is 5.75 Å². The molecular weight excluding hydrogens is 500 g/mol. The average Bonchev–Trinajstić information content (AvgIpc) is 2.91. The number of aromatic carboxylic acids is 1. The predicted molar refractivity (Wildman–Crippen MR) is 152 cm³/mol. The summed E-state index contributed by atoms with van der Waals surface area (Å²) >= 11 is 0. The molecule has 0 aliphatic rings. The maximum atomic E-state index is 11.6. The van der Waals surface area contributed by atoms with E-state index >= 15 is 0 Å². The molecule has 4 aromatic carbocycles. The summed E-state index contributed by atoms with van der Waals surface area (Å²) in [7, 11) is 1.98. The normalized spacial score (nSPS) is 12.4. The third-order valence-electron chi connectivity index (χ3n) is 6.60. The number of likely N-dealkylation sites (N-methyl/N-ethyl adjacent to an activating group) is 1. The number of aliphatic hydroxyl groups excluding tert-OH is 1. The Kier molecular flexibility index (Phi) is 9.86. The third-order valence-corrected chi connectivity index (χ3v) is 6.60. The molecule has 0 heterocycles. The first-order valence-electron chi connectivity index (χ1n) is 12.2. The van der Waals surface area contributed by atoms with Crippen molar-refractivity contribution in [3.63, 3.8) is 0 Å². The summed E-state index contributed by atoms with van der Waals surface area (Å²) in [6.07, 6.45) is 0.107. The number of fused-ring (bicyclic) bond motifs is 1. The van der Waals surface area contributed by atoms with Gasteiger partial charge in [0.25, 0.3) is 0 Å². The molecule has 196 valence electrons. The van der Waals surface area contributed by atoms with Crippen molar-refractivity contribution in [2.75, 3.05) is 20.2 Å². The van der Waals surface area contributed by atoms with Crippen LogP contribution in [0, 0.1) is 11.3 Å². The number of nitrogens with zero attached hydrogens (tertiary/aromatic N) is 2. The zero-order chi connectivity index (χ0) is 26.4. The van der Waals surface area contributed by atoms with Gasteiger partial charge in [-0.2, -0.15) is 5.26 Å². The van der Waals surface area contributed by atoms with Gasteiger partial charge >= 0.3 is 5.97 Å². The molecule has 4 rings (SSSR count). The van der Waals surface area contributed by atoms with Crippen molar-refractivity contribution in [1.29, 1.82) is 5.26 Å². The Morgan fingerprint density at radius 3 is 2.45 bits per heavy atom. The highest BCUT2D eigenvalue weighted by Gasteiger charge is 2.17. The van der Waals surface area contributed by atoms with Gasteiger partial charge in [-0.25, -0.2) is 4.79 Å². The van der Waals surface area contributed by atoms with Gasteiger partial charge in [-0.05, 0) is 66.1 Å². The quantitative estimate of drug-likeness (QED) is 0.269. The molecule has 0 saturated heterocycles. The van der Waals surface area contributed by atoms with Crippen molar-refractivity contribution >= 4 is 29.1 Å². The van der Waals surface area contributed by atoms with E-state index in [1.807, 2.05) is 19.2 Å². The molecule has 6 nitrogen and oxygen atoms in total. The van der Waals surface area contributed by atoms with E-state index in [9.17, 15) is 20.3 Å². The van der Waals surface area contributed by atoms with Gasteiger partial charge in [0.2, 0.25) is 0 Å². The number of rotatable bonds is 10. The molecule has 2 N–H and O–H groups in total. The Labute approximate surface area is 229 Å². The Bertz CT molecular complexity index is 1450. The van der Waals surface area contributed by atoms with E-state index in [2.05, 4.69) is 48.2 Å². The summed E-state index contributed by atoms with van der Waals surface area (Å²) in [5, 5.41) is 32.2. The molecule has 0 aliphatic carbocycles. The monoisotopic (exact) mass is 530 g/mol. The maximum Gasteiger partial charge on any atom is 0.336 e. The van der Waals surface area contributed by atoms with Gasteiger partial charge in [0.15, 0.2) is 0 Å². The molecule has 1 unspecified atom stereocenters. The molecule has 0 radical (unpaired) electrons. The van der Waals surface area contributed by atoms with Crippen LogP contribution in [0.3, 0.4) is 0 Å². The van der Waals surface area contributed by atoms with Gasteiger partial charge in [0.1, 0.15) is 24.5 Å². The number of carbonyl (C=O) groups is 1. The Morgan fingerprint density at radius 2 is 1.71 bits per heavy atom. The number of hydrogen-bond donors (Lipinski definition) is 2. The lowest BCUT2D eigenvalue weighted by molar-refractivity contribution is 0.0654. The lowest BCUT2D eigenvalue weighted by Crippen LogP contribution is -2.39. The summed E-state index contributed by atoms with van der Waals surface area (Å²) in [5.74, 6) is -0.679. The number of carboxylic acid groups (broad SMARTS) is 1. The van der Waals surface area contributed by atoms with Crippen LogP contribution >= 0.6 is 12.4 Å². The standard InChI is InChI=1S/C31H30N2O4.ClH/c1-21(15-22-11-12-23-7-3-4-8-24(23)16-22)33(2)19-27(34)20-37-30-14-13-25(17-26(30)18-32)28-9-5-6-10-29(28)31(35)36;/h3-14,16-17,21,27,34H,15,19-20H2,1-2H3,(H,35,36);1H/t21?,27-;/m1./s1. The molecule has 0 bridgehead atoms. The van der Waals surface area contributed by atoms with Gasteiger partial charge in [0.05, 0.1) is 11.1 Å². The lowest BCUT2D eigenvalue weighted by atomic mass is 9.98. The van der Waals surface area contributed by atoms with E-state index < -0.39 is 12.1 Å². The van der Waals surface area contributed by atoms with Crippen molar-refractivity contribution in [3.05, 3.63) is 102 Å². The minimum atomic E-state index is -1.03. The van der Waals surface area contributed by atoms with Crippen molar-refractivity contribution in [2.24, 2.45) is 0 Å². The average molecular weight is 531 g/mol. The van der Waals surface area contributed by atoms with E-state index in [-0.39, 0.29) is 36.2 Å². The van der Waals surface area contributed by atoms with Gasteiger partial charge in [0, 0.05) is 12.6 Å². The highest BCUT2D eigenvalue weighted by atomic mass is 35.5. The zero-order valence-corrected chi connectivity index (χ0v) is 22.2. The fourth-order valence-electron chi connectivity index (χ4n) is 4.45. The van der Waals surface area contributed by atoms with Crippen LogP contribution < -0.4 is 4.74 Å². The number of hydrogen-bond acceptors (Lipinski definition) is 5. The van der Waals surface area contributed by atoms with Gasteiger partial charge in [-0.3, -0.25) is 0 Å². The molecule has 0 fully saturated rings. The molecule has 0 spiro atoms. The molecule has 0 amide bonds. The number of nitriles is 1. The summed E-state index contributed by atoms with van der Waals surface area (Å²) in [5.41, 5.74) is 2.83. The molecule has 38 heavy (non-hydrogen) atoms.